The van der Waals surface area contributed by atoms with Crippen molar-refractivity contribution in [3.63, 3.8) is 0 Å². The van der Waals surface area contributed by atoms with E-state index in [1.165, 1.54) is 24.3 Å². The van der Waals surface area contributed by atoms with Crippen LogP contribution in [0.4, 0.5) is 0 Å². The summed E-state index contributed by atoms with van der Waals surface area (Å²) in [5.41, 5.74) is 0.698. The number of rotatable bonds is 4. The Morgan fingerprint density at radius 3 is 2.39 bits per heavy atom. The zero-order valence-corrected chi connectivity index (χ0v) is 16.5. The molecule has 31 heavy (non-hydrogen) atoms. The number of Topliss-reactive ketones (excluding diaryl/α,β-unsaturated/α-hetero) is 1. The van der Waals surface area contributed by atoms with Crippen LogP contribution in [0, 0.1) is 5.92 Å². The largest absolute Gasteiger partial charge is 0.508 e. The minimum absolute atomic E-state index is 0.00907. The van der Waals surface area contributed by atoms with E-state index >= 15 is 0 Å². The highest BCUT2D eigenvalue weighted by atomic mass is 16.5. The molecule has 6 N–H and O–H groups in total. The quantitative estimate of drug-likeness (QED) is 0.408. The number of hydrogen-bond acceptors (Lipinski definition) is 9. The van der Waals surface area contributed by atoms with Crippen molar-refractivity contribution in [2.24, 2.45) is 5.92 Å². The molecule has 1 aliphatic carbocycles. The van der Waals surface area contributed by atoms with Gasteiger partial charge in [-0.25, -0.2) is 0 Å². The van der Waals surface area contributed by atoms with E-state index in [0.29, 0.717) is 5.56 Å². The van der Waals surface area contributed by atoms with Crippen LogP contribution in [-0.2, 0) is 0 Å². The third kappa shape index (κ3) is 4.05. The van der Waals surface area contributed by atoms with Crippen LogP contribution in [-0.4, -0.2) is 67.4 Å². The average Bonchev–Trinajstić information content (AvgIpc) is 2.74. The van der Waals surface area contributed by atoms with Crippen molar-refractivity contribution < 1.29 is 44.9 Å². The predicted octanol–water partition coefficient (Wildman–Crippen LogP) is 0.647. The molecule has 1 fully saturated rings. The van der Waals surface area contributed by atoms with Crippen LogP contribution in [0.15, 0.2) is 36.4 Å². The molecule has 1 aliphatic heterocycles. The average molecular weight is 432 g/mol. The van der Waals surface area contributed by atoms with Gasteiger partial charge in [-0.05, 0) is 24.1 Å². The summed E-state index contributed by atoms with van der Waals surface area (Å²) in [5, 5.41) is 59.5. The molecule has 0 saturated heterocycles. The molecule has 6 unspecified atom stereocenters. The second-order valence-corrected chi connectivity index (χ2v) is 7.95. The third-order valence-corrected chi connectivity index (χ3v) is 5.86. The fourth-order valence-corrected chi connectivity index (χ4v) is 4.11. The molecule has 0 spiro atoms. The van der Waals surface area contributed by atoms with Crippen LogP contribution >= 0.6 is 0 Å². The number of carbonyl (C=O) groups is 1. The summed E-state index contributed by atoms with van der Waals surface area (Å²) in [6.45, 7) is -0.397. The predicted molar refractivity (Wildman–Crippen MR) is 106 cm³/mol. The molecule has 0 amide bonds. The number of phenols is 2. The van der Waals surface area contributed by atoms with E-state index in [1.807, 2.05) is 0 Å². The molecule has 0 bridgehead atoms. The number of carbonyl (C=O) groups excluding carboxylic acids is 1. The summed E-state index contributed by atoms with van der Waals surface area (Å²) < 4.78 is 11.7. The summed E-state index contributed by atoms with van der Waals surface area (Å²) in [6, 6.07) is 8.88. The second kappa shape index (κ2) is 8.35. The Kier molecular flexibility index (Phi) is 5.76. The van der Waals surface area contributed by atoms with Crippen LogP contribution in [0.3, 0.4) is 0 Å². The van der Waals surface area contributed by atoms with Gasteiger partial charge in [-0.3, -0.25) is 4.79 Å². The monoisotopic (exact) mass is 432 g/mol. The molecule has 0 aromatic heterocycles. The topological polar surface area (TPSA) is 157 Å². The van der Waals surface area contributed by atoms with E-state index in [1.54, 1.807) is 12.1 Å². The molecule has 9 heteroatoms. The Morgan fingerprint density at radius 2 is 1.71 bits per heavy atom. The molecular weight excluding hydrogens is 408 g/mol. The second-order valence-electron chi connectivity index (χ2n) is 7.95. The maximum atomic E-state index is 12.6. The van der Waals surface area contributed by atoms with Crippen molar-refractivity contribution in [3.8, 4) is 23.0 Å². The van der Waals surface area contributed by atoms with Crippen molar-refractivity contribution in [2.45, 2.75) is 43.4 Å². The number of ketones is 1. The minimum atomic E-state index is -1.50. The van der Waals surface area contributed by atoms with Crippen LogP contribution in [0.5, 0.6) is 23.0 Å². The van der Waals surface area contributed by atoms with Gasteiger partial charge in [0.1, 0.15) is 53.0 Å². The number of ether oxygens (including phenoxy) is 2. The molecule has 1 saturated carbocycles. The molecule has 6 atom stereocenters. The number of fused-ring (bicyclic) bond motifs is 1. The first kappa shape index (κ1) is 21.4. The molecule has 2 aromatic rings. The molecule has 166 valence electrons. The number of aliphatic hydroxyl groups excluding tert-OH is 4. The number of phenolic OH excluding ortho intramolecular Hbond substituents is 2. The molecule has 4 rings (SSSR count). The zero-order chi connectivity index (χ0) is 22.3. The summed E-state index contributed by atoms with van der Waals surface area (Å²) in [4.78, 5) is 12.6. The van der Waals surface area contributed by atoms with Gasteiger partial charge in [-0.2, -0.15) is 0 Å². The molecule has 9 nitrogen and oxygen atoms in total. The van der Waals surface area contributed by atoms with Crippen molar-refractivity contribution in [3.05, 3.63) is 47.5 Å². The van der Waals surface area contributed by atoms with Crippen molar-refractivity contribution in [1.29, 1.82) is 0 Å². The summed E-state index contributed by atoms with van der Waals surface area (Å²) >= 11 is 0. The Bertz CT molecular complexity index is 956. The maximum Gasteiger partial charge on any atom is 0.174 e. The molecule has 0 radical (unpaired) electrons. The maximum absolute atomic E-state index is 12.6. The zero-order valence-electron chi connectivity index (χ0n) is 16.5. The normalized spacial score (nSPS) is 30.4. The summed E-state index contributed by atoms with van der Waals surface area (Å²) in [6.07, 6.45) is -5.70. The van der Waals surface area contributed by atoms with Crippen molar-refractivity contribution in [2.75, 3.05) is 6.61 Å². The lowest BCUT2D eigenvalue weighted by atomic mass is 9.81. The Morgan fingerprint density at radius 1 is 1.00 bits per heavy atom. The van der Waals surface area contributed by atoms with E-state index in [2.05, 4.69) is 0 Å². The van der Waals surface area contributed by atoms with Gasteiger partial charge >= 0.3 is 0 Å². The Balaban J connectivity index is 1.59. The highest BCUT2D eigenvalue weighted by Crippen LogP contribution is 2.42. The van der Waals surface area contributed by atoms with Gasteiger partial charge in [0.15, 0.2) is 5.78 Å². The van der Waals surface area contributed by atoms with Crippen molar-refractivity contribution >= 4 is 5.78 Å². The number of aromatic hydroxyl groups is 2. The van der Waals surface area contributed by atoms with Crippen molar-refractivity contribution in [1.82, 2.24) is 0 Å². The third-order valence-electron chi connectivity index (χ3n) is 5.86. The number of hydrogen-bond donors (Lipinski definition) is 6. The van der Waals surface area contributed by atoms with E-state index in [4.69, 9.17) is 9.47 Å². The van der Waals surface area contributed by atoms with Gasteiger partial charge in [0.2, 0.25) is 0 Å². The van der Waals surface area contributed by atoms with E-state index in [9.17, 15) is 35.4 Å². The Hall–Kier alpha value is -2.85. The van der Waals surface area contributed by atoms with Crippen LogP contribution in [0.1, 0.15) is 34.9 Å². The lowest BCUT2D eigenvalue weighted by Gasteiger charge is -2.39. The number of aliphatic hydroxyl groups is 4. The molecule has 2 aromatic carbocycles. The van der Waals surface area contributed by atoms with E-state index in [-0.39, 0.29) is 47.2 Å². The van der Waals surface area contributed by atoms with Gasteiger partial charge in [0.05, 0.1) is 12.5 Å². The first-order valence-electron chi connectivity index (χ1n) is 9.96. The van der Waals surface area contributed by atoms with Gasteiger partial charge in [-0.15, -0.1) is 0 Å². The Labute approximate surface area is 177 Å². The van der Waals surface area contributed by atoms with Gasteiger partial charge in [-0.1, -0.05) is 12.1 Å². The SMILES string of the molecule is O=C1CC(c2ccc(O)cc2)Oc2cc(OC3CC(CO)C(O)C(O)C3O)cc(O)c21. The van der Waals surface area contributed by atoms with E-state index in [0.717, 1.165) is 0 Å². The lowest BCUT2D eigenvalue weighted by Crippen LogP contribution is -2.56. The summed E-state index contributed by atoms with van der Waals surface area (Å²) in [7, 11) is 0. The van der Waals surface area contributed by atoms with Crippen LogP contribution < -0.4 is 9.47 Å². The molecular formula is C22H24O9. The minimum Gasteiger partial charge on any atom is -0.508 e. The van der Waals surface area contributed by atoms with Gasteiger partial charge in [0.25, 0.3) is 0 Å². The van der Waals surface area contributed by atoms with E-state index < -0.39 is 43.0 Å². The van der Waals surface area contributed by atoms with Crippen LogP contribution in [0.25, 0.3) is 0 Å². The van der Waals surface area contributed by atoms with Gasteiger partial charge < -0.3 is 40.1 Å². The first-order valence-corrected chi connectivity index (χ1v) is 9.96. The molecule has 2 aliphatic rings. The first-order chi connectivity index (χ1) is 14.8. The number of benzene rings is 2. The molecule has 1 heterocycles. The highest BCUT2D eigenvalue weighted by Gasteiger charge is 2.44. The fourth-order valence-electron chi connectivity index (χ4n) is 4.11. The standard InChI is InChI=1S/C22H24O9/c23-9-11-5-18(21(28)22(29)20(11)27)30-13-6-14(25)19-15(26)8-16(31-17(19)7-13)10-1-3-12(24)4-2-10/h1-4,6-7,11,16,18,20-25,27-29H,5,8-9H2. The highest BCUT2D eigenvalue weighted by molar-refractivity contribution is 6.02. The smallest absolute Gasteiger partial charge is 0.174 e. The van der Waals surface area contributed by atoms with Gasteiger partial charge in [0, 0.05) is 24.7 Å². The van der Waals surface area contributed by atoms with Crippen LogP contribution in [0.2, 0.25) is 0 Å². The lowest BCUT2D eigenvalue weighted by molar-refractivity contribution is -0.157. The fraction of sp³-hybridized carbons (Fsp3) is 0.409. The summed E-state index contributed by atoms with van der Waals surface area (Å²) in [5.74, 6) is -1.06.